The fourth-order valence-electron chi connectivity index (χ4n) is 2.82. The van der Waals surface area contributed by atoms with Gasteiger partial charge < -0.3 is 5.32 Å². The highest BCUT2D eigenvalue weighted by atomic mass is 32.1. The molecule has 2 unspecified atom stereocenters. The lowest BCUT2D eigenvalue weighted by Crippen LogP contribution is -2.40. The minimum absolute atomic E-state index is 0.171. The van der Waals surface area contributed by atoms with Crippen LogP contribution in [-0.2, 0) is 20.9 Å². The molecule has 2 aliphatic rings. The topological polar surface area (TPSA) is 66.5 Å². The number of carbonyl (C=O) groups excluding carboxylic acids is 3. The number of imide groups is 1. The number of amides is 3. The smallest absolute Gasteiger partial charge is 0.240 e. The van der Waals surface area contributed by atoms with Crippen molar-refractivity contribution in [1.29, 1.82) is 0 Å². The zero-order valence-corrected chi connectivity index (χ0v) is 12.3. The summed E-state index contributed by atoms with van der Waals surface area (Å²) < 4.78 is 0. The largest absolute Gasteiger partial charge is 0.350 e. The Labute approximate surface area is 126 Å². The third kappa shape index (κ3) is 2.76. The number of likely N-dealkylation sites (tertiary alicyclic amines) is 1. The molecule has 1 aliphatic heterocycles. The molecule has 1 saturated heterocycles. The van der Waals surface area contributed by atoms with Crippen LogP contribution in [0.25, 0.3) is 0 Å². The third-order valence-electron chi connectivity index (χ3n) is 3.94. The van der Waals surface area contributed by atoms with Gasteiger partial charge in [-0.2, -0.15) is 0 Å². The van der Waals surface area contributed by atoms with Gasteiger partial charge in [-0.05, 0) is 24.3 Å². The van der Waals surface area contributed by atoms with Gasteiger partial charge in [0.25, 0.3) is 0 Å². The predicted octanol–water partition coefficient (Wildman–Crippen LogP) is 1.32. The molecule has 0 aromatic carbocycles. The Bertz CT molecular complexity index is 568. The maximum atomic E-state index is 12.2. The Hall–Kier alpha value is -1.95. The number of nitrogens with zero attached hydrogens (tertiary/aromatic N) is 1. The van der Waals surface area contributed by atoms with Gasteiger partial charge in [0.15, 0.2) is 0 Å². The van der Waals surface area contributed by atoms with E-state index in [-0.39, 0.29) is 36.1 Å². The van der Waals surface area contributed by atoms with Gasteiger partial charge in [-0.15, -0.1) is 11.3 Å². The average molecular weight is 304 g/mol. The first kappa shape index (κ1) is 14.0. The molecule has 1 fully saturated rings. The second-order valence-electron chi connectivity index (χ2n) is 5.27. The number of hydrogen-bond donors (Lipinski definition) is 1. The van der Waals surface area contributed by atoms with Crippen molar-refractivity contribution < 1.29 is 14.4 Å². The SMILES string of the molecule is O=C(CN1C(=O)C2CC=CCC2C1=O)NCc1cccs1. The van der Waals surface area contributed by atoms with Gasteiger partial charge in [0.05, 0.1) is 18.4 Å². The molecule has 110 valence electrons. The molecule has 0 radical (unpaired) electrons. The third-order valence-corrected chi connectivity index (χ3v) is 4.82. The van der Waals surface area contributed by atoms with E-state index in [0.29, 0.717) is 19.4 Å². The molecule has 5 nitrogen and oxygen atoms in total. The van der Waals surface area contributed by atoms with E-state index in [0.717, 1.165) is 9.78 Å². The summed E-state index contributed by atoms with van der Waals surface area (Å²) in [7, 11) is 0. The Morgan fingerprint density at radius 3 is 2.48 bits per heavy atom. The Balaban J connectivity index is 1.58. The van der Waals surface area contributed by atoms with E-state index in [1.54, 1.807) is 11.3 Å². The summed E-state index contributed by atoms with van der Waals surface area (Å²) in [6.45, 7) is 0.261. The molecule has 2 atom stereocenters. The van der Waals surface area contributed by atoms with Crippen LogP contribution < -0.4 is 5.32 Å². The molecule has 1 N–H and O–H groups in total. The zero-order chi connectivity index (χ0) is 14.8. The van der Waals surface area contributed by atoms with Crippen LogP contribution in [0, 0.1) is 11.8 Å². The normalized spacial score (nSPS) is 24.3. The van der Waals surface area contributed by atoms with Crippen molar-refractivity contribution in [2.45, 2.75) is 19.4 Å². The maximum absolute atomic E-state index is 12.2. The molecule has 3 amide bonds. The molecule has 3 rings (SSSR count). The van der Waals surface area contributed by atoms with Crippen molar-refractivity contribution in [2.24, 2.45) is 11.8 Å². The van der Waals surface area contributed by atoms with E-state index >= 15 is 0 Å². The summed E-state index contributed by atoms with van der Waals surface area (Å²) in [6, 6.07) is 3.84. The minimum Gasteiger partial charge on any atom is -0.350 e. The maximum Gasteiger partial charge on any atom is 0.240 e. The summed E-state index contributed by atoms with van der Waals surface area (Å²) in [5.74, 6) is -1.25. The van der Waals surface area contributed by atoms with Gasteiger partial charge in [-0.1, -0.05) is 18.2 Å². The lowest BCUT2D eigenvalue weighted by molar-refractivity contribution is -0.143. The molecular weight excluding hydrogens is 288 g/mol. The molecular formula is C15H16N2O3S. The summed E-state index contributed by atoms with van der Waals surface area (Å²) >= 11 is 1.55. The molecule has 0 spiro atoms. The van der Waals surface area contributed by atoms with E-state index in [1.165, 1.54) is 0 Å². The highest BCUT2D eigenvalue weighted by molar-refractivity contribution is 7.09. The Morgan fingerprint density at radius 1 is 1.24 bits per heavy atom. The molecule has 21 heavy (non-hydrogen) atoms. The van der Waals surface area contributed by atoms with E-state index < -0.39 is 0 Å². The van der Waals surface area contributed by atoms with Gasteiger partial charge in [0.1, 0.15) is 6.54 Å². The highest BCUT2D eigenvalue weighted by Gasteiger charge is 2.47. The number of fused-ring (bicyclic) bond motifs is 1. The highest BCUT2D eigenvalue weighted by Crippen LogP contribution is 2.34. The van der Waals surface area contributed by atoms with Gasteiger partial charge in [-0.25, -0.2) is 0 Å². The average Bonchev–Trinajstić information content (AvgIpc) is 3.09. The summed E-state index contributed by atoms with van der Waals surface area (Å²) in [6.07, 6.45) is 5.07. The van der Waals surface area contributed by atoms with Crippen LogP contribution in [-0.4, -0.2) is 29.2 Å². The number of carbonyl (C=O) groups is 3. The van der Waals surface area contributed by atoms with Crippen molar-refractivity contribution in [3.8, 4) is 0 Å². The van der Waals surface area contributed by atoms with Crippen molar-refractivity contribution >= 4 is 29.1 Å². The van der Waals surface area contributed by atoms with Crippen LogP contribution in [0.1, 0.15) is 17.7 Å². The second-order valence-corrected chi connectivity index (χ2v) is 6.31. The van der Waals surface area contributed by atoms with Crippen molar-refractivity contribution in [3.63, 3.8) is 0 Å². The fourth-order valence-corrected chi connectivity index (χ4v) is 3.47. The van der Waals surface area contributed by atoms with Gasteiger partial charge in [0.2, 0.25) is 17.7 Å². The first-order chi connectivity index (χ1) is 10.2. The number of allylic oxidation sites excluding steroid dienone is 2. The predicted molar refractivity (Wildman–Crippen MR) is 78.2 cm³/mol. The lowest BCUT2D eigenvalue weighted by Gasteiger charge is -2.14. The van der Waals surface area contributed by atoms with Crippen molar-refractivity contribution in [3.05, 3.63) is 34.5 Å². The molecule has 1 aromatic heterocycles. The van der Waals surface area contributed by atoms with Crippen LogP contribution in [0.4, 0.5) is 0 Å². The number of thiophene rings is 1. The Kier molecular flexibility index (Phi) is 3.88. The summed E-state index contributed by atoms with van der Waals surface area (Å²) in [5.41, 5.74) is 0. The van der Waals surface area contributed by atoms with E-state index in [9.17, 15) is 14.4 Å². The van der Waals surface area contributed by atoms with Crippen LogP contribution in [0.5, 0.6) is 0 Å². The summed E-state index contributed by atoms with van der Waals surface area (Å²) in [5, 5.41) is 4.68. The first-order valence-electron chi connectivity index (χ1n) is 6.96. The number of rotatable bonds is 4. The van der Waals surface area contributed by atoms with E-state index in [1.807, 2.05) is 29.7 Å². The quantitative estimate of drug-likeness (QED) is 0.674. The molecule has 6 heteroatoms. The van der Waals surface area contributed by atoms with Gasteiger partial charge in [-0.3, -0.25) is 19.3 Å². The fraction of sp³-hybridized carbons (Fsp3) is 0.400. The molecule has 2 heterocycles. The molecule has 0 bridgehead atoms. The molecule has 1 aliphatic carbocycles. The molecule has 0 saturated carbocycles. The van der Waals surface area contributed by atoms with E-state index in [2.05, 4.69) is 5.32 Å². The van der Waals surface area contributed by atoms with Gasteiger partial charge in [0, 0.05) is 4.88 Å². The Morgan fingerprint density at radius 2 is 1.90 bits per heavy atom. The van der Waals surface area contributed by atoms with Gasteiger partial charge >= 0.3 is 0 Å². The lowest BCUT2D eigenvalue weighted by atomic mass is 9.85. The minimum atomic E-state index is -0.295. The number of hydrogen-bond acceptors (Lipinski definition) is 4. The standard InChI is InChI=1S/C15H16N2O3S/c18-13(16-8-10-4-3-7-21-10)9-17-14(19)11-5-1-2-6-12(11)15(17)20/h1-4,7,11-12H,5-6,8-9H2,(H,16,18). The zero-order valence-electron chi connectivity index (χ0n) is 11.5. The van der Waals surface area contributed by atoms with Crippen LogP contribution in [0.2, 0.25) is 0 Å². The van der Waals surface area contributed by atoms with Crippen molar-refractivity contribution in [1.82, 2.24) is 10.2 Å². The summed E-state index contributed by atoms with van der Waals surface area (Å²) in [4.78, 5) is 38.5. The monoisotopic (exact) mass is 304 g/mol. The van der Waals surface area contributed by atoms with Crippen LogP contribution in [0.15, 0.2) is 29.7 Å². The second kappa shape index (κ2) is 5.81. The van der Waals surface area contributed by atoms with Crippen LogP contribution in [0.3, 0.4) is 0 Å². The molecule has 1 aromatic rings. The van der Waals surface area contributed by atoms with Crippen molar-refractivity contribution in [2.75, 3.05) is 6.54 Å². The van der Waals surface area contributed by atoms with E-state index in [4.69, 9.17) is 0 Å². The number of nitrogens with one attached hydrogen (secondary N) is 1. The van der Waals surface area contributed by atoms with Crippen LogP contribution >= 0.6 is 11.3 Å². The first-order valence-corrected chi connectivity index (χ1v) is 7.84.